The average molecular weight is 584 g/mol. The Labute approximate surface area is 245 Å². The van der Waals surface area contributed by atoms with Crippen molar-refractivity contribution >= 4 is 28.2 Å². The fourth-order valence-electron chi connectivity index (χ4n) is 6.13. The molecule has 226 valence electrons. The van der Waals surface area contributed by atoms with Gasteiger partial charge in [0.2, 0.25) is 5.91 Å². The molecule has 1 atom stereocenters. The number of rotatable bonds is 7. The van der Waals surface area contributed by atoms with Gasteiger partial charge in [-0.05, 0) is 104 Å². The van der Waals surface area contributed by atoms with Gasteiger partial charge in [-0.15, -0.1) is 5.10 Å². The summed E-state index contributed by atoms with van der Waals surface area (Å²) in [5.41, 5.74) is -1.58. The number of amides is 1. The van der Waals surface area contributed by atoms with Crippen LogP contribution in [0.15, 0.2) is 30.3 Å². The van der Waals surface area contributed by atoms with Crippen molar-refractivity contribution in [1.29, 1.82) is 0 Å². The van der Waals surface area contributed by atoms with Crippen molar-refractivity contribution in [3.63, 3.8) is 0 Å². The maximum absolute atomic E-state index is 15.5. The number of aliphatic hydroxyl groups is 1. The predicted octanol–water partition coefficient (Wildman–Crippen LogP) is 6.08. The number of fused-ring (bicyclic) bond motifs is 2. The number of carbonyl (C=O) groups excluding carboxylic acids is 1. The second-order valence-electron chi connectivity index (χ2n) is 13.0. The lowest BCUT2D eigenvalue weighted by Gasteiger charge is -2.32. The van der Waals surface area contributed by atoms with E-state index in [9.17, 15) is 18.7 Å². The van der Waals surface area contributed by atoms with Crippen LogP contribution in [0, 0.1) is 18.7 Å². The maximum atomic E-state index is 15.5. The zero-order chi connectivity index (χ0) is 30.8. The lowest BCUT2D eigenvalue weighted by atomic mass is 9.85. The monoisotopic (exact) mass is 583 g/mol. The maximum Gasteiger partial charge on any atom is 0.303 e. The van der Waals surface area contributed by atoms with Gasteiger partial charge in [-0.3, -0.25) is 4.79 Å². The molecule has 7 nitrogen and oxygen atoms in total. The first-order chi connectivity index (χ1) is 19.5. The molecule has 1 fully saturated rings. The van der Waals surface area contributed by atoms with Gasteiger partial charge in [0.1, 0.15) is 11.4 Å². The summed E-state index contributed by atoms with van der Waals surface area (Å²) in [5.74, 6) is -4.08. The second-order valence-corrected chi connectivity index (χ2v) is 13.0. The minimum atomic E-state index is -3.81. The number of carbonyl (C=O) groups is 1. The van der Waals surface area contributed by atoms with E-state index in [0.29, 0.717) is 29.4 Å². The van der Waals surface area contributed by atoms with E-state index in [0.717, 1.165) is 62.5 Å². The first-order valence-corrected chi connectivity index (χ1v) is 14.5. The van der Waals surface area contributed by atoms with E-state index in [-0.39, 0.29) is 11.5 Å². The highest BCUT2D eigenvalue weighted by molar-refractivity contribution is 6.11. The first-order valence-electron chi connectivity index (χ1n) is 14.5. The Kier molecular flexibility index (Phi) is 7.55. The Morgan fingerprint density at radius 1 is 1.14 bits per heavy atom. The summed E-state index contributed by atoms with van der Waals surface area (Å²) in [5, 5.41) is 23.4. The summed E-state index contributed by atoms with van der Waals surface area (Å²) >= 11 is 0. The number of hydrogen-bond donors (Lipinski definition) is 2. The molecule has 10 heteroatoms. The lowest BCUT2D eigenvalue weighted by molar-refractivity contribution is -0.170. The Morgan fingerprint density at radius 2 is 1.81 bits per heavy atom. The number of aromatic nitrogens is 2. The number of likely N-dealkylation sites (tertiary alicyclic amines) is 1. The van der Waals surface area contributed by atoms with Gasteiger partial charge < -0.3 is 20.2 Å². The second kappa shape index (κ2) is 10.5. The minimum Gasteiger partial charge on any atom is -0.384 e. The standard InChI is InChI=1S/C32H40F3N5O2/c1-18(21-9-8-10-24(27(21)33)32(34,35)31(5,6)42)36-28-23-16-26-25(15-22(23)19(2)37-38-28)30(3,4)29(41)40(26)17-20-11-13-39(7)14-12-20/h8-10,15-16,18,20,42H,11-14,17H2,1-7H3,(H,36,38)/t18-/m1/s1. The number of nitrogens with zero attached hydrogens (tertiary/aromatic N) is 4. The lowest BCUT2D eigenvalue weighted by Crippen LogP contribution is -2.41. The van der Waals surface area contributed by atoms with Gasteiger partial charge in [0.05, 0.1) is 22.7 Å². The topological polar surface area (TPSA) is 81.6 Å². The fourth-order valence-corrected chi connectivity index (χ4v) is 6.13. The van der Waals surface area contributed by atoms with Crippen LogP contribution in [0.4, 0.5) is 24.7 Å². The molecule has 1 saturated heterocycles. The number of hydrogen-bond acceptors (Lipinski definition) is 6. The number of halogens is 3. The molecule has 2 aromatic carbocycles. The van der Waals surface area contributed by atoms with Crippen LogP contribution in [0.25, 0.3) is 10.8 Å². The molecular weight excluding hydrogens is 543 g/mol. The smallest absolute Gasteiger partial charge is 0.303 e. The van der Waals surface area contributed by atoms with Crippen LogP contribution < -0.4 is 10.2 Å². The van der Waals surface area contributed by atoms with E-state index in [1.807, 2.05) is 37.8 Å². The molecule has 2 N–H and O–H groups in total. The van der Waals surface area contributed by atoms with Gasteiger partial charge in [0.15, 0.2) is 5.82 Å². The Hall–Kier alpha value is -3.24. The third-order valence-electron chi connectivity index (χ3n) is 9.06. The molecule has 5 rings (SSSR count). The van der Waals surface area contributed by atoms with Crippen LogP contribution in [0.1, 0.15) is 75.9 Å². The summed E-state index contributed by atoms with van der Waals surface area (Å²) in [6, 6.07) is 6.98. The summed E-state index contributed by atoms with van der Waals surface area (Å²) < 4.78 is 45.4. The molecule has 3 aromatic rings. The quantitative estimate of drug-likeness (QED) is 0.351. The van der Waals surface area contributed by atoms with Crippen molar-refractivity contribution in [2.45, 2.75) is 77.4 Å². The van der Waals surface area contributed by atoms with Crippen molar-refractivity contribution in [2.24, 2.45) is 5.92 Å². The van der Waals surface area contributed by atoms with Crippen molar-refractivity contribution < 1.29 is 23.1 Å². The number of anilines is 2. The largest absolute Gasteiger partial charge is 0.384 e. The fraction of sp³-hybridized carbons (Fsp3) is 0.531. The molecule has 1 aromatic heterocycles. The minimum absolute atomic E-state index is 0.00770. The van der Waals surface area contributed by atoms with Crippen LogP contribution in [0.5, 0.6) is 0 Å². The molecule has 2 aliphatic heterocycles. The van der Waals surface area contributed by atoms with Gasteiger partial charge in [0.25, 0.3) is 0 Å². The Bertz CT molecular complexity index is 1530. The van der Waals surface area contributed by atoms with Crippen molar-refractivity contribution in [3.05, 3.63) is 58.5 Å². The number of benzene rings is 2. The molecule has 3 heterocycles. The van der Waals surface area contributed by atoms with E-state index in [4.69, 9.17) is 0 Å². The zero-order valence-electron chi connectivity index (χ0n) is 25.4. The summed E-state index contributed by atoms with van der Waals surface area (Å²) in [7, 11) is 2.11. The summed E-state index contributed by atoms with van der Waals surface area (Å²) in [6.45, 7) is 11.9. The molecule has 1 amide bonds. The van der Waals surface area contributed by atoms with E-state index >= 15 is 4.39 Å². The highest BCUT2D eigenvalue weighted by atomic mass is 19.3. The third kappa shape index (κ3) is 5.02. The van der Waals surface area contributed by atoms with Gasteiger partial charge in [-0.25, -0.2) is 4.39 Å². The Morgan fingerprint density at radius 3 is 2.45 bits per heavy atom. The zero-order valence-corrected chi connectivity index (χ0v) is 25.4. The highest BCUT2D eigenvalue weighted by Gasteiger charge is 2.49. The van der Waals surface area contributed by atoms with Crippen LogP contribution >= 0.6 is 0 Å². The van der Waals surface area contributed by atoms with Crippen molar-refractivity contribution in [3.8, 4) is 0 Å². The molecule has 2 aliphatic rings. The van der Waals surface area contributed by atoms with Gasteiger partial charge in [0, 0.05) is 28.6 Å². The number of nitrogens with one attached hydrogen (secondary N) is 1. The van der Waals surface area contributed by atoms with E-state index in [1.54, 1.807) is 6.92 Å². The SMILES string of the molecule is Cc1nnc(N[C@H](C)c2cccc(C(F)(F)C(C)(C)O)c2F)c2cc3c(cc12)C(C)(C)C(=O)N3CC1CCN(C)CC1. The molecule has 0 unspecified atom stereocenters. The number of piperidine rings is 1. The van der Waals surface area contributed by atoms with Gasteiger partial charge >= 0.3 is 5.92 Å². The Balaban J connectivity index is 1.53. The number of aryl methyl sites for hydroxylation is 1. The van der Waals surface area contributed by atoms with Gasteiger partial charge in [-0.1, -0.05) is 12.1 Å². The molecule has 0 spiro atoms. The van der Waals surface area contributed by atoms with E-state index in [2.05, 4.69) is 27.5 Å². The van der Waals surface area contributed by atoms with E-state index in [1.165, 1.54) is 12.1 Å². The predicted molar refractivity (Wildman–Crippen MR) is 159 cm³/mol. The third-order valence-corrected chi connectivity index (χ3v) is 9.06. The summed E-state index contributed by atoms with van der Waals surface area (Å²) in [6.07, 6.45) is 2.05. The number of alkyl halides is 2. The molecule has 0 aliphatic carbocycles. The average Bonchev–Trinajstić information content (AvgIpc) is 3.10. The molecule has 0 radical (unpaired) electrons. The van der Waals surface area contributed by atoms with Gasteiger partial charge in [-0.2, -0.15) is 13.9 Å². The van der Waals surface area contributed by atoms with E-state index < -0.39 is 34.4 Å². The molecule has 42 heavy (non-hydrogen) atoms. The normalized spacial score (nSPS) is 18.9. The van der Waals surface area contributed by atoms with Crippen molar-refractivity contribution in [1.82, 2.24) is 15.1 Å². The van der Waals surface area contributed by atoms with Crippen LogP contribution in [0.3, 0.4) is 0 Å². The van der Waals surface area contributed by atoms with Crippen LogP contribution in [0.2, 0.25) is 0 Å². The van der Waals surface area contributed by atoms with Crippen molar-refractivity contribution in [2.75, 3.05) is 36.9 Å². The first kappa shape index (κ1) is 30.2. The summed E-state index contributed by atoms with van der Waals surface area (Å²) in [4.78, 5) is 17.9. The highest BCUT2D eigenvalue weighted by Crippen LogP contribution is 2.46. The molecule has 0 saturated carbocycles. The molecule has 0 bridgehead atoms. The molecular formula is C32H40F3N5O2. The van der Waals surface area contributed by atoms with Crippen LogP contribution in [-0.2, 0) is 16.1 Å². The van der Waals surface area contributed by atoms with Crippen LogP contribution in [-0.4, -0.2) is 58.4 Å².